The lowest BCUT2D eigenvalue weighted by Crippen LogP contribution is -2.52. The summed E-state index contributed by atoms with van der Waals surface area (Å²) < 4.78 is 0. The van der Waals surface area contributed by atoms with Crippen LogP contribution in [0.1, 0.15) is 19.8 Å². The van der Waals surface area contributed by atoms with Gasteiger partial charge in [0.15, 0.2) is 0 Å². The van der Waals surface area contributed by atoms with E-state index in [1.807, 2.05) is 48.8 Å². The average Bonchev–Trinajstić information content (AvgIpc) is 3.17. The third-order valence-corrected chi connectivity index (χ3v) is 5.43. The van der Waals surface area contributed by atoms with Crippen LogP contribution < -0.4 is 10.6 Å². The molecule has 146 valence electrons. The second-order valence-corrected chi connectivity index (χ2v) is 7.99. The van der Waals surface area contributed by atoms with Crippen molar-refractivity contribution in [2.45, 2.75) is 25.3 Å². The van der Waals surface area contributed by atoms with E-state index in [-0.39, 0.29) is 5.54 Å². The molecule has 0 saturated carbocycles. The SMILES string of the molecule is C[C@]1(N)CCCN(c2cccc(-c3n[nH]c4cnc(-c5cccnc5)cc34)n2)C1. The van der Waals surface area contributed by atoms with E-state index in [1.54, 1.807) is 6.20 Å². The normalized spacial score (nSPS) is 19.6. The van der Waals surface area contributed by atoms with Crippen LogP contribution in [0.3, 0.4) is 0 Å². The van der Waals surface area contributed by atoms with Crippen molar-refractivity contribution in [3.63, 3.8) is 0 Å². The lowest BCUT2D eigenvalue weighted by Gasteiger charge is -2.38. The van der Waals surface area contributed by atoms with Gasteiger partial charge in [-0.3, -0.25) is 15.1 Å². The molecule has 0 spiro atoms. The first-order valence-corrected chi connectivity index (χ1v) is 9.85. The molecule has 5 rings (SSSR count). The highest BCUT2D eigenvalue weighted by Gasteiger charge is 2.27. The fourth-order valence-electron chi connectivity index (χ4n) is 3.98. The van der Waals surface area contributed by atoms with Crippen LogP contribution in [-0.4, -0.2) is 43.8 Å². The second kappa shape index (κ2) is 6.93. The van der Waals surface area contributed by atoms with E-state index in [2.05, 4.69) is 32.0 Å². The van der Waals surface area contributed by atoms with Gasteiger partial charge in [-0.15, -0.1) is 0 Å². The Kier molecular flexibility index (Phi) is 4.24. The number of piperidine rings is 1. The summed E-state index contributed by atoms with van der Waals surface area (Å²) in [5.41, 5.74) is 10.6. The third kappa shape index (κ3) is 3.45. The Morgan fingerprint density at radius 1 is 1.14 bits per heavy atom. The molecular formula is C22H23N7. The highest BCUT2D eigenvalue weighted by Crippen LogP contribution is 2.30. The summed E-state index contributed by atoms with van der Waals surface area (Å²) in [7, 11) is 0. The van der Waals surface area contributed by atoms with Gasteiger partial charge in [0.05, 0.1) is 23.1 Å². The molecule has 7 nitrogen and oxygen atoms in total. The number of rotatable bonds is 3. The van der Waals surface area contributed by atoms with E-state index in [9.17, 15) is 0 Å². The fraction of sp³-hybridized carbons (Fsp3) is 0.273. The highest BCUT2D eigenvalue weighted by molar-refractivity contribution is 5.93. The Morgan fingerprint density at radius 2 is 2.07 bits per heavy atom. The largest absolute Gasteiger partial charge is 0.355 e. The van der Waals surface area contributed by atoms with Crippen LogP contribution in [0.25, 0.3) is 33.5 Å². The lowest BCUT2D eigenvalue weighted by molar-refractivity contribution is 0.373. The number of aromatic amines is 1. The summed E-state index contributed by atoms with van der Waals surface area (Å²) in [5.74, 6) is 0.941. The molecule has 3 N–H and O–H groups in total. The smallest absolute Gasteiger partial charge is 0.129 e. The first-order chi connectivity index (χ1) is 14.1. The number of nitrogens with one attached hydrogen (secondary N) is 1. The van der Waals surface area contributed by atoms with Crippen molar-refractivity contribution in [2.75, 3.05) is 18.0 Å². The summed E-state index contributed by atoms with van der Waals surface area (Å²) in [4.78, 5) is 15.9. The number of aromatic nitrogens is 5. The Bertz CT molecular complexity index is 1150. The Labute approximate surface area is 169 Å². The van der Waals surface area contributed by atoms with Crippen LogP contribution in [0.15, 0.2) is 55.0 Å². The molecule has 4 aromatic rings. The van der Waals surface area contributed by atoms with Crippen molar-refractivity contribution < 1.29 is 0 Å². The van der Waals surface area contributed by atoms with Gasteiger partial charge in [0.1, 0.15) is 11.5 Å². The molecule has 1 aliphatic rings. The maximum Gasteiger partial charge on any atom is 0.129 e. The maximum atomic E-state index is 6.39. The molecule has 1 saturated heterocycles. The Hall–Kier alpha value is -3.32. The van der Waals surface area contributed by atoms with Crippen LogP contribution >= 0.6 is 0 Å². The van der Waals surface area contributed by atoms with Gasteiger partial charge in [0.2, 0.25) is 0 Å². The molecule has 1 atom stereocenters. The molecule has 0 bridgehead atoms. The zero-order valence-electron chi connectivity index (χ0n) is 16.3. The van der Waals surface area contributed by atoms with Crippen molar-refractivity contribution in [3.8, 4) is 22.6 Å². The lowest BCUT2D eigenvalue weighted by atomic mass is 9.92. The second-order valence-electron chi connectivity index (χ2n) is 7.99. The van der Waals surface area contributed by atoms with Gasteiger partial charge in [0.25, 0.3) is 0 Å². The van der Waals surface area contributed by atoms with Crippen LogP contribution in [0, 0.1) is 0 Å². The van der Waals surface area contributed by atoms with E-state index >= 15 is 0 Å². The minimum Gasteiger partial charge on any atom is -0.355 e. The van der Waals surface area contributed by atoms with Crippen LogP contribution in [-0.2, 0) is 0 Å². The third-order valence-electron chi connectivity index (χ3n) is 5.43. The van der Waals surface area contributed by atoms with E-state index in [1.165, 1.54) is 0 Å². The number of H-pyrrole nitrogens is 1. The molecule has 29 heavy (non-hydrogen) atoms. The monoisotopic (exact) mass is 385 g/mol. The van der Waals surface area contributed by atoms with Crippen molar-refractivity contribution in [2.24, 2.45) is 5.73 Å². The van der Waals surface area contributed by atoms with E-state index < -0.39 is 0 Å². The number of fused-ring (bicyclic) bond motifs is 1. The van der Waals surface area contributed by atoms with Gasteiger partial charge < -0.3 is 10.6 Å². The molecule has 1 fully saturated rings. The fourth-order valence-corrected chi connectivity index (χ4v) is 3.98. The standard InChI is InChI=1S/C22H23N7/c1-22(23)8-4-10-29(14-22)20-7-2-6-17(26-20)21-16-11-18(15-5-3-9-24-12-15)25-13-19(16)27-28-21/h2-3,5-7,9,11-13H,4,8,10,14,23H2,1H3,(H,27,28)/t22-/m0/s1. The predicted molar refractivity (Wildman–Crippen MR) is 114 cm³/mol. The minimum absolute atomic E-state index is 0.181. The molecule has 7 heteroatoms. The quantitative estimate of drug-likeness (QED) is 0.561. The number of pyridine rings is 3. The highest BCUT2D eigenvalue weighted by atomic mass is 15.2. The zero-order valence-corrected chi connectivity index (χ0v) is 16.3. The topological polar surface area (TPSA) is 96.6 Å². The molecule has 0 radical (unpaired) electrons. The zero-order chi connectivity index (χ0) is 19.8. The van der Waals surface area contributed by atoms with Gasteiger partial charge in [-0.1, -0.05) is 6.07 Å². The van der Waals surface area contributed by atoms with E-state index in [4.69, 9.17) is 10.7 Å². The van der Waals surface area contributed by atoms with Gasteiger partial charge in [0, 0.05) is 42.0 Å². The van der Waals surface area contributed by atoms with Crippen LogP contribution in [0.2, 0.25) is 0 Å². The molecule has 5 heterocycles. The maximum absolute atomic E-state index is 6.39. The van der Waals surface area contributed by atoms with Gasteiger partial charge in [-0.05, 0) is 50.1 Å². The van der Waals surface area contributed by atoms with Crippen LogP contribution in [0.5, 0.6) is 0 Å². The van der Waals surface area contributed by atoms with Crippen molar-refractivity contribution in [1.29, 1.82) is 0 Å². The first kappa shape index (κ1) is 17.8. The van der Waals surface area contributed by atoms with E-state index in [0.29, 0.717) is 0 Å². The van der Waals surface area contributed by atoms with Crippen molar-refractivity contribution >= 4 is 16.7 Å². The summed E-state index contributed by atoms with van der Waals surface area (Å²) in [6.45, 7) is 3.89. The molecule has 0 amide bonds. The number of hydrogen-bond donors (Lipinski definition) is 2. The summed E-state index contributed by atoms with van der Waals surface area (Å²) in [6, 6.07) is 12.0. The van der Waals surface area contributed by atoms with E-state index in [0.717, 1.165) is 65.3 Å². The Balaban J connectivity index is 1.54. The number of nitrogens with two attached hydrogens (primary N) is 1. The van der Waals surface area contributed by atoms with Crippen LogP contribution in [0.4, 0.5) is 5.82 Å². The molecule has 1 aliphatic heterocycles. The number of nitrogens with zero attached hydrogens (tertiary/aromatic N) is 5. The predicted octanol–water partition coefficient (Wildman–Crippen LogP) is 3.40. The molecule has 0 unspecified atom stereocenters. The van der Waals surface area contributed by atoms with Gasteiger partial charge in [-0.2, -0.15) is 5.10 Å². The average molecular weight is 385 g/mol. The summed E-state index contributed by atoms with van der Waals surface area (Å²) in [6.07, 6.45) is 7.49. The molecule has 0 aromatic carbocycles. The molecule has 0 aliphatic carbocycles. The molecule has 4 aromatic heterocycles. The van der Waals surface area contributed by atoms with Crippen molar-refractivity contribution in [3.05, 3.63) is 55.0 Å². The minimum atomic E-state index is -0.181. The molecular weight excluding hydrogens is 362 g/mol. The van der Waals surface area contributed by atoms with Gasteiger partial charge in [-0.25, -0.2) is 4.98 Å². The van der Waals surface area contributed by atoms with Gasteiger partial charge >= 0.3 is 0 Å². The number of anilines is 1. The summed E-state index contributed by atoms with van der Waals surface area (Å²) >= 11 is 0. The number of hydrogen-bond acceptors (Lipinski definition) is 6. The first-order valence-electron chi connectivity index (χ1n) is 9.85. The Morgan fingerprint density at radius 3 is 2.90 bits per heavy atom. The summed E-state index contributed by atoms with van der Waals surface area (Å²) in [5, 5.41) is 8.60. The van der Waals surface area contributed by atoms with Crippen molar-refractivity contribution in [1.82, 2.24) is 25.1 Å².